The van der Waals surface area contributed by atoms with Crippen LogP contribution in [-0.2, 0) is 4.79 Å². The van der Waals surface area contributed by atoms with E-state index in [1.54, 1.807) is 30.5 Å². The van der Waals surface area contributed by atoms with E-state index in [1.165, 1.54) is 24.3 Å². The number of amides is 1. The third kappa shape index (κ3) is 4.96. The number of hydrogen-bond donors (Lipinski definition) is 2. The third-order valence-electron chi connectivity index (χ3n) is 5.97. The SMILES string of the molecule is O=C(CCN1C(=S)N[C@@H](c2ccccn2)[C@H]1c1ccc(-c2ccc(F)cc2)o1)Nc1ccccc1F. The predicted molar refractivity (Wildman–Crippen MR) is 136 cm³/mol. The predicted octanol–water partition coefficient (Wildman–Crippen LogP) is 5.62. The largest absolute Gasteiger partial charge is 0.459 e. The summed E-state index contributed by atoms with van der Waals surface area (Å²) in [6.07, 6.45) is 1.78. The Bertz CT molecular complexity index is 1380. The van der Waals surface area contributed by atoms with Crippen molar-refractivity contribution in [1.29, 1.82) is 0 Å². The highest BCUT2D eigenvalue weighted by atomic mass is 32.1. The number of hydrogen-bond acceptors (Lipinski definition) is 4. The van der Waals surface area contributed by atoms with Gasteiger partial charge in [-0.3, -0.25) is 9.78 Å². The summed E-state index contributed by atoms with van der Waals surface area (Å²) in [7, 11) is 0. The zero-order valence-corrected chi connectivity index (χ0v) is 19.8. The minimum Gasteiger partial charge on any atom is -0.459 e. The number of halogens is 2. The Kier molecular flexibility index (Phi) is 6.73. The number of para-hydroxylation sites is 1. The molecule has 0 aliphatic carbocycles. The second-order valence-corrected chi connectivity index (χ2v) is 8.69. The summed E-state index contributed by atoms with van der Waals surface area (Å²) >= 11 is 5.62. The average molecular weight is 505 g/mol. The summed E-state index contributed by atoms with van der Waals surface area (Å²) in [5.41, 5.74) is 1.63. The van der Waals surface area contributed by atoms with E-state index in [-0.39, 0.29) is 42.5 Å². The molecule has 0 radical (unpaired) electrons. The van der Waals surface area contributed by atoms with Crippen molar-refractivity contribution < 1.29 is 18.0 Å². The van der Waals surface area contributed by atoms with Gasteiger partial charge in [0.1, 0.15) is 29.2 Å². The van der Waals surface area contributed by atoms with E-state index in [1.807, 2.05) is 35.2 Å². The van der Waals surface area contributed by atoms with Crippen LogP contribution in [-0.4, -0.2) is 27.4 Å². The summed E-state index contributed by atoms with van der Waals surface area (Å²) in [5, 5.41) is 6.36. The molecule has 6 nitrogen and oxygen atoms in total. The molecule has 2 aromatic heterocycles. The Morgan fingerprint density at radius 2 is 1.81 bits per heavy atom. The number of thiocarbonyl (C=S) groups is 1. The molecule has 0 bridgehead atoms. The van der Waals surface area contributed by atoms with Crippen molar-refractivity contribution in [2.45, 2.75) is 18.5 Å². The first-order chi connectivity index (χ1) is 17.5. The summed E-state index contributed by atoms with van der Waals surface area (Å²) in [6, 6.07) is 20.6. The number of aromatic nitrogens is 1. The number of carbonyl (C=O) groups is 1. The fraction of sp³-hybridized carbons (Fsp3) is 0.148. The van der Waals surface area contributed by atoms with Crippen LogP contribution in [0.5, 0.6) is 0 Å². The molecule has 1 saturated heterocycles. The van der Waals surface area contributed by atoms with Crippen LogP contribution in [0.4, 0.5) is 14.5 Å². The first kappa shape index (κ1) is 23.6. The van der Waals surface area contributed by atoms with E-state index >= 15 is 0 Å². The zero-order chi connectivity index (χ0) is 25.1. The number of pyridine rings is 1. The molecule has 0 saturated carbocycles. The smallest absolute Gasteiger partial charge is 0.226 e. The number of nitrogens with one attached hydrogen (secondary N) is 2. The second-order valence-electron chi connectivity index (χ2n) is 8.31. The van der Waals surface area contributed by atoms with Crippen LogP contribution >= 0.6 is 12.2 Å². The zero-order valence-electron chi connectivity index (χ0n) is 19.0. The van der Waals surface area contributed by atoms with Gasteiger partial charge in [-0.15, -0.1) is 0 Å². The van der Waals surface area contributed by atoms with Crippen LogP contribution in [0.1, 0.15) is 30.0 Å². The maximum atomic E-state index is 13.9. The fourth-order valence-electron chi connectivity index (χ4n) is 4.23. The van der Waals surface area contributed by atoms with Crippen LogP contribution in [0.15, 0.2) is 89.5 Å². The van der Waals surface area contributed by atoms with Gasteiger partial charge in [-0.25, -0.2) is 8.78 Å². The number of nitrogens with zero attached hydrogens (tertiary/aromatic N) is 2. The Morgan fingerprint density at radius 3 is 2.56 bits per heavy atom. The number of anilines is 1. The summed E-state index contributed by atoms with van der Waals surface area (Å²) in [4.78, 5) is 19.0. The van der Waals surface area contributed by atoms with E-state index in [0.29, 0.717) is 16.6 Å². The number of rotatable bonds is 7. The fourth-order valence-corrected chi connectivity index (χ4v) is 4.57. The molecule has 2 N–H and O–H groups in total. The molecule has 182 valence electrons. The third-order valence-corrected chi connectivity index (χ3v) is 6.32. The van der Waals surface area contributed by atoms with Gasteiger partial charge in [-0.2, -0.15) is 0 Å². The van der Waals surface area contributed by atoms with Gasteiger partial charge in [-0.05, 0) is 72.9 Å². The Morgan fingerprint density at radius 1 is 1.03 bits per heavy atom. The topological polar surface area (TPSA) is 70.4 Å². The molecular weight excluding hydrogens is 482 g/mol. The lowest BCUT2D eigenvalue weighted by Gasteiger charge is -2.25. The summed E-state index contributed by atoms with van der Waals surface area (Å²) < 4.78 is 33.5. The van der Waals surface area contributed by atoms with Crippen molar-refractivity contribution >= 4 is 28.9 Å². The first-order valence-corrected chi connectivity index (χ1v) is 11.8. The Hall–Kier alpha value is -4.11. The van der Waals surface area contributed by atoms with Gasteiger partial charge in [0.2, 0.25) is 5.91 Å². The van der Waals surface area contributed by atoms with Gasteiger partial charge in [-0.1, -0.05) is 18.2 Å². The lowest BCUT2D eigenvalue weighted by molar-refractivity contribution is -0.116. The van der Waals surface area contributed by atoms with Crippen molar-refractivity contribution in [3.63, 3.8) is 0 Å². The molecule has 1 amide bonds. The molecule has 1 aliphatic heterocycles. The highest BCUT2D eigenvalue weighted by Gasteiger charge is 2.41. The molecular formula is C27H22F2N4O2S. The minimum atomic E-state index is -0.499. The Labute approximate surface area is 212 Å². The molecule has 9 heteroatoms. The van der Waals surface area contributed by atoms with E-state index in [9.17, 15) is 13.6 Å². The van der Waals surface area contributed by atoms with Gasteiger partial charge in [0.15, 0.2) is 5.11 Å². The number of furan rings is 1. The van der Waals surface area contributed by atoms with Crippen LogP contribution in [0.25, 0.3) is 11.3 Å². The summed E-state index contributed by atoms with van der Waals surface area (Å²) in [5.74, 6) is 0.0354. The van der Waals surface area contributed by atoms with Gasteiger partial charge in [0, 0.05) is 24.7 Å². The molecule has 1 fully saturated rings. The van der Waals surface area contributed by atoms with Gasteiger partial charge in [0.25, 0.3) is 0 Å². The maximum absolute atomic E-state index is 13.9. The molecule has 0 spiro atoms. The standard InChI is InChI=1S/C27H22F2N4O2S/c28-18-10-8-17(9-11-18)22-12-13-23(35-22)26-25(21-7-3-4-15-30-21)32-27(36)33(26)16-14-24(34)31-20-6-2-1-5-19(20)29/h1-13,15,25-26H,14,16H2,(H,31,34)(H,32,36)/t25-,26+/m0/s1. The highest BCUT2D eigenvalue weighted by Crippen LogP contribution is 2.40. The van der Waals surface area contributed by atoms with Gasteiger partial charge < -0.3 is 20.0 Å². The molecule has 2 atom stereocenters. The summed E-state index contributed by atoms with van der Waals surface area (Å²) in [6.45, 7) is 0.271. The van der Waals surface area contributed by atoms with E-state index < -0.39 is 5.82 Å². The molecule has 36 heavy (non-hydrogen) atoms. The van der Waals surface area contributed by atoms with Gasteiger partial charge >= 0.3 is 0 Å². The Balaban J connectivity index is 1.40. The molecule has 2 aromatic carbocycles. The van der Waals surface area contributed by atoms with Crippen molar-refractivity contribution in [3.8, 4) is 11.3 Å². The molecule has 4 aromatic rings. The number of benzene rings is 2. The maximum Gasteiger partial charge on any atom is 0.226 e. The quantitative estimate of drug-likeness (QED) is 0.319. The molecule has 3 heterocycles. The average Bonchev–Trinajstić information content (AvgIpc) is 3.50. The van der Waals surface area contributed by atoms with Crippen LogP contribution < -0.4 is 10.6 Å². The van der Waals surface area contributed by atoms with Crippen molar-refractivity contribution in [2.24, 2.45) is 0 Å². The second kappa shape index (κ2) is 10.2. The van der Waals surface area contributed by atoms with Crippen molar-refractivity contribution in [2.75, 3.05) is 11.9 Å². The molecule has 5 rings (SSSR count). The molecule has 1 aliphatic rings. The lowest BCUT2D eigenvalue weighted by atomic mass is 10.0. The monoisotopic (exact) mass is 504 g/mol. The number of carbonyl (C=O) groups excluding carboxylic acids is 1. The lowest BCUT2D eigenvalue weighted by Crippen LogP contribution is -2.32. The van der Waals surface area contributed by atoms with E-state index in [0.717, 1.165) is 11.3 Å². The highest BCUT2D eigenvalue weighted by molar-refractivity contribution is 7.80. The normalized spacial score (nSPS) is 17.2. The molecule has 0 unspecified atom stereocenters. The van der Waals surface area contributed by atoms with Crippen molar-refractivity contribution in [1.82, 2.24) is 15.2 Å². The first-order valence-electron chi connectivity index (χ1n) is 11.4. The van der Waals surface area contributed by atoms with Gasteiger partial charge in [0.05, 0.1) is 17.4 Å². The van der Waals surface area contributed by atoms with E-state index in [2.05, 4.69) is 15.6 Å². The van der Waals surface area contributed by atoms with Crippen molar-refractivity contribution in [3.05, 3.63) is 108 Å². The van der Waals surface area contributed by atoms with Crippen LogP contribution in [0, 0.1) is 11.6 Å². The van der Waals surface area contributed by atoms with E-state index in [4.69, 9.17) is 16.6 Å². The minimum absolute atomic E-state index is 0.0765. The van der Waals surface area contributed by atoms with Crippen LogP contribution in [0.3, 0.4) is 0 Å². The van der Waals surface area contributed by atoms with Crippen LogP contribution in [0.2, 0.25) is 0 Å².